The number of hydrogen-bond donors (Lipinski definition) is 0. The normalized spacial score (nSPS) is 27.1. The fraction of sp³-hybridized carbons (Fsp3) is 0.400. The lowest BCUT2D eigenvalue weighted by atomic mass is 9.67. The molecule has 21 heavy (non-hydrogen) atoms. The van der Waals surface area contributed by atoms with E-state index >= 15 is 0 Å². The molecular weight excluding hydrogens is 272 g/mol. The third kappa shape index (κ3) is 2.32. The van der Waals surface area contributed by atoms with E-state index in [-0.39, 0.29) is 0 Å². The Morgan fingerprint density at radius 2 is 1.76 bits per heavy atom. The van der Waals surface area contributed by atoms with Crippen molar-refractivity contribution >= 4 is 11.8 Å². The summed E-state index contributed by atoms with van der Waals surface area (Å²) in [6.45, 7) is 0. The van der Waals surface area contributed by atoms with Crippen molar-refractivity contribution in [3.63, 3.8) is 0 Å². The van der Waals surface area contributed by atoms with Gasteiger partial charge < -0.3 is 0 Å². The van der Waals surface area contributed by atoms with Crippen LogP contribution in [0.3, 0.4) is 0 Å². The van der Waals surface area contributed by atoms with Gasteiger partial charge in [0.15, 0.2) is 0 Å². The first-order valence-corrected chi connectivity index (χ1v) is 9.13. The molecule has 0 spiro atoms. The molecule has 0 heterocycles. The first kappa shape index (κ1) is 13.5. The summed E-state index contributed by atoms with van der Waals surface area (Å²) in [6, 6.07) is 20.1. The zero-order valence-electron chi connectivity index (χ0n) is 12.4. The summed E-state index contributed by atoms with van der Waals surface area (Å²) in [6.07, 6.45) is 6.95. The highest BCUT2D eigenvalue weighted by Gasteiger charge is 2.47. The van der Waals surface area contributed by atoms with Crippen molar-refractivity contribution in [3.8, 4) is 0 Å². The maximum Gasteiger partial charge on any atom is 0.00811 e. The topological polar surface area (TPSA) is 0 Å². The van der Waals surface area contributed by atoms with Crippen molar-refractivity contribution in [3.05, 3.63) is 65.7 Å². The van der Waals surface area contributed by atoms with Gasteiger partial charge in [-0.1, -0.05) is 55.3 Å². The van der Waals surface area contributed by atoms with Crippen LogP contribution in [-0.2, 0) is 11.8 Å². The summed E-state index contributed by atoms with van der Waals surface area (Å²) in [5, 5.41) is 0. The summed E-state index contributed by atoms with van der Waals surface area (Å²) in [5.74, 6) is 2.12. The van der Waals surface area contributed by atoms with Gasteiger partial charge in [-0.2, -0.15) is 0 Å². The molecule has 4 rings (SSSR count). The van der Waals surface area contributed by atoms with Gasteiger partial charge in [-0.05, 0) is 48.4 Å². The molecule has 2 aliphatic rings. The molecule has 1 heteroatoms. The van der Waals surface area contributed by atoms with Gasteiger partial charge in [0.05, 0.1) is 0 Å². The van der Waals surface area contributed by atoms with E-state index in [2.05, 4.69) is 66.4 Å². The molecule has 0 amide bonds. The zero-order valence-corrected chi connectivity index (χ0v) is 13.2. The van der Waals surface area contributed by atoms with Crippen molar-refractivity contribution in [2.75, 3.05) is 5.75 Å². The van der Waals surface area contributed by atoms with Gasteiger partial charge in [-0.25, -0.2) is 0 Å². The maximum absolute atomic E-state index is 2.41. The molecule has 2 aliphatic carbocycles. The van der Waals surface area contributed by atoms with E-state index in [4.69, 9.17) is 0 Å². The Kier molecular flexibility index (Phi) is 3.54. The molecule has 2 aromatic rings. The fourth-order valence-corrected chi connectivity index (χ4v) is 5.72. The minimum Gasteiger partial charge on any atom is -0.125 e. The Morgan fingerprint density at radius 3 is 2.67 bits per heavy atom. The van der Waals surface area contributed by atoms with Crippen LogP contribution in [0.25, 0.3) is 0 Å². The SMILES string of the molecule is c1ccc(SC[C@]23CCCC[C@H]2Cc2ccccc23)cc1. The van der Waals surface area contributed by atoms with Crippen LogP contribution in [0.2, 0.25) is 0 Å². The standard InChI is InChI=1S/C20H22S/c1-2-10-18(11-3-1)21-15-20-13-7-6-9-17(20)14-16-8-4-5-12-19(16)20/h1-5,8,10-12,17H,6-7,9,13-15H2/t17-,20+/m0/s1. The number of hydrogen-bond acceptors (Lipinski definition) is 1. The van der Waals surface area contributed by atoms with E-state index in [1.165, 1.54) is 42.8 Å². The fourth-order valence-electron chi connectivity index (χ4n) is 4.41. The second-order valence-corrected chi connectivity index (χ2v) is 7.61. The summed E-state index contributed by atoms with van der Waals surface area (Å²) in [4.78, 5) is 1.42. The maximum atomic E-state index is 2.41. The molecule has 0 bridgehead atoms. The van der Waals surface area contributed by atoms with E-state index in [0.29, 0.717) is 5.41 Å². The molecule has 0 saturated heterocycles. The highest BCUT2D eigenvalue weighted by atomic mass is 32.2. The van der Waals surface area contributed by atoms with Crippen molar-refractivity contribution in [2.45, 2.75) is 42.4 Å². The molecule has 0 N–H and O–H groups in total. The van der Waals surface area contributed by atoms with Crippen LogP contribution in [0.1, 0.15) is 36.8 Å². The number of benzene rings is 2. The quantitative estimate of drug-likeness (QED) is 0.677. The molecule has 0 radical (unpaired) electrons. The predicted octanol–water partition coefficient (Wildman–Crippen LogP) is 5.46. The van der Waals surface area contributed by atoms with Crippen LogP contribution in [0.5, 0.6) is 0 Å². The van der Waals surface area contributed by atoms with Crippen molar-refractivity contribution in [1.82, 2.24) is 0 Å². The summed E-state index contributed by atoms with van der Waals surface area (Å²) >= 11 is 2.06. The van der Waals surface area contributed by atoms with Crippen LogP contribution in [0, 0.1) is 5.92 Å². The van der Waals surface area contributed by atoms with Crippen molar-refractivity contribution in [2.24, 2.45) is 5.92 Å². The van der Waals surface area contributed by atoms with Gasteiger partial charge in [-0.3, -0.25) is 0 Å². The summed E-state index contributed by atoms with van der Waals surface area (Å²) < 4.78 is 0. The lowest BCUT2D eigenvalue weighted by Gasteiger charge is -2.40. The monoisotopic (exact) mass is 294 g/mol. The average Bonchev–Trinajstić information content (AvgIpc) is 2.89. The van der Waals surface area contributed by atoms with Crippen molar-refractivity contribution < 1.29 is 0 Å². The minimum absolute atomic E-state index is 0.440. The van der Waals surface area contributed by atoms with Gasteiger partial charge in [-0.15, -0.1) is 11.8 Å². The summed E-state index contributed by atoms with van der Waals surface area (Å²) in [7, 11) is 0. The molecule has 108 valence electrons. The number of rotatable bonds is 3. The average molecular weight is 294 g/mol. The molecule has 1 saturated carbocycles. The van der Waals surface area contributed by atoms with Gasteiger partial charge in [0, 0.05) is 16.1 Å². The third-order valence-electron chi connectivity index (χ3n) is 5.47. The number of thioether (sulfide) groups is 1. The van der Waals surface area contributed by atoms with E-state index in [0.717, 1.165) is 5.92 Å². The van der Waals surface area contributed by atoms with Gasteiger partial charge >= 0.3 is 0 Å². The Bertz CT molecular complexity index is 619. The molecule has 0 aliphatic heterocycles. The highest BCUT2D eigenvalue weighted by molar-refractivity contribution is 7.99. The van der Waals surface area contributed by atoms with Crippen LogP contribution >= 0.6 is 11.8 Å². The van der Waals surface area contributed by atoms with Gasteiger partial charge in [0.1, 0.15) is 0 Å². The molecule has 2 aromatic carbocycles. The lowest BCUT2D eigenvalue weighted by Crippen LogP contribution is -2.37. The first-order chi connectivity index (χ1) is 10.4. The molecule has 0 unspecified atom stereocenters. The molecule has 0 aromatic heterocycles. The molecule has 2 atom stereocenters. The van der Waals surface area contributed by atoms with E-state index in [1.807, 2.05) is 0 Å². The van der Waals surface area contributed by atoms with Gasteiger partial charge in [0.2, 0.25) is 0 Å². The predicted molar refractivity (Wildman–Crippen MR) is 90.9 cm³/mol. The third-order valence-corrected chi connectivity index (χ3v) is 6.73. The van der Waals surface area contributed by atoms with E-state index in [9.17, 15) is 0 Å². The smallest absolute Gasteiger partial charge is 0.00811 e. The Hall–Kier alpha value is -1.21. The Balaban J connectivity index is 1.65. The number of fused-ring (bicyclic) bond motifs is 3. The van der Waals surface area contributed by atoms with Crippen molar-refractivity contribution in [1.29, 1.82) is 0 Å². The zero-order chi connectivity index (χ0) is 14.1. The largest absolute Gasteiger partial charge is 0.125 e. The Labute approximate surface area is 132 Å². The molecule has 0 nitrogen and oxygen atoms in total. The lowest BCUT2D eigenvalue weighted by molar-refractivity contribution is 0.231. The summed E-state index contributed by atoms with van der Waals surface area (Å²) in [5.41, 5.74) is 3.73. The van der Waals surface area contributed by atoms with Crippen LogP contribution < -0.4 is 0 Å². The molecular formula is C20H22S. The second-order valence-electron chi connectivity index (χ2n) is 6.56. The van der Waals surface area contributed by atoms with Crippen LogP contribution in [0.15, 0.2) is 59.5 Å². The van der Waals surface area contributed by atoms with Crippen LogP contribution in [-0.4, -0.2) is 5.75 Å². The Morgan fingerprint density at radius 1 is 0.952 bits per heavy atom. The van der Waals surface area contributed by atoms with Crippen LogP contribution in [0.4, 0.5) is 0 Å². The second kappa shape index (κ2) is 5.53. The molecule has 1 fully saturated rings. The van der Waals surface area contributed by atoms with E-state index < -0.39 is 0 Å². The minimum atomic E-state index is 0.440. The van der Waals surface area contributed by atoms with Gasteiger partial charge in [0.25, 0.3) is 0 Å². The van der Waals surface area contributed by atoms with E-state index in [1.54, 1.807) is 11.1 Å². The highest BCUT2D eigenvalue weighted by Crippen LogP contribution is 2.53. The first-order valence-electron chi connectivity index (χ1n) is 8.15.